The molecule has 0 aliphatic heterocycles. The molecule has 0 aliphatic rings. The molecule has 6 heteroatoms. The van der Waals surface area contributed by atoms with Gasteiger partial charge in [-0.2, -0.15) is 0 Å². The number of carbonyl (C=O) groups is 1. The van der Waals surface area contributed by atoms with Crippen molar-refractivity contribution >= 4 is 29.2 Å². The van der Waals surface area contributed by atoms with Crippen molar-refractivity contribution in [3.63, 3.8) is 0 Å². The predicted molar refractivity (Wildman–Crippen MR) is 24.2 cm³/mol. The second kappa shape index (κ2) is 16.0. The molecule has 0 saturated heterocycles. The van der Waals surface area contributed by atoms with E-state index < -0.39 is 6.16 Å². The van der Waals surface area contributed by atoms with Gasteiger partial charge in [-0.1, -0.05) is 0 Å². The summed E-state index contributed by atoms with van der Waals surface area (Å²) in [5.74, 6) is 0. The first-order valence-electron chi connectivity index (χ1n) is 0.651. The van der Waals surface area contributed by atoms with Crippen LogP contribution in [0.2, 0.25) is 0 Å². The van der Waals surface area contributed by atoms with Crippen molar-refractivity contribution in [3.05, 3.63) is 0 Å². The molecule has 7 heavy (non-hydrogen) atoms. The average Bonchev–Trinajstić information content (AvgIpc) is 0.811. The zero-order valence-corrected chi connectivity index (χ0v) is 4.07. The van der Waals surface area contributed by atoms with Gasteiger partial charge in [-0.3, -0.25) is 0 Å². The van der Waals surface area contributed by atoms with Gasteiger partial charge in [-0.15, -0.1) is 0 Å². The predicted octanol–water partition coefficient (Wildman–Crippen LogP) is -0.534. The summed E-state index contributed by atoms with van der Waals surface area (Å²) in [6, 6.07) is 0. The molecule has 0 unspecified atom stereocenters. The quantitative estimate of drug-likeness (QED) is 0.415. The number of hydrogen-bond acceptors (Lipinski definition) is 2. The maximum Gasteiger partial charge on any atom is 0.503 e. The maximum atomic E-state index is 8.56. The Morgan fingerprint density at radius 3 is 1.29 bits per heavy atom. The van der Waals surface area contributed by atoms with E-state index in [2.05, 4.69) is 0 Å². The summed E-state index contributed by atoms with van der Waals surface area (Å²) < 4.78 is 0. The van der Waals surface area contributed by atoms with Gasteiger partial charge in [0.2, 0.25) is 0 Å². The minimum Gasteiger partial charge on any atom is -0.450 e. The molecule has 5 N–H and O–H groups in total. The van der Waals surface area contributed by atoms with Crippen LogP contribution in [0.3, 0.4) is 0 Å². The van der Waals surface area contributed by atoms with Crippen LogP contribution in [0, 0.1) is 0 Å². The molecule has 0 rings (SSSR count). The summed E-state index contributed by atoms with van der Waals surface area (Å²) in [5.41, 5.74) is 0. The summed E-state index contributed by atoms with van der Waals surface area (Å²) in [6.07, 6.45) is -1.83. The van der Waals surface area contributed by atoms with Gasteiger partial charge in [0.25, 0.3) is 0 Å². The Bertz CT molecular complexity index is 37.9. The zero-order valence-electron chi connectivity index (χ0n) is 2.89. The van der Waals surface area contributed by atoms with E-state index >= 15 is 0 Å². The molecule has 43 valence electrons. The molecule has 0 spiro atoms. The number of rotatable bonds is 0. The molecule has 0 saturated carbocycles. The van der Waals surface area contributed by atoms with Crippen molar-refractivity contribution in [3.8, 4) is 0 Å². The molecule has 0 aromatic carbocycles. The van der Waals surface area contributed by atoms with Crippen LogP contribution in [0.25, 0.3) is 0 Å². The van der Waals surface area contributed by atoms with Gasteiger partial charge in [-0.05, 0) is 0 Å². The van der Waals surface area contributed by atoms with E-state index in [9.17, 15) is 0 Å². The van der Waals surface area contributed by atoms with E-state index in [0.29, 0.717) is 0 Å². The summed E-state index contributed by atoms with van der Waals surface area (Å²) in [7, 11) is 0. The first-order valence-corrected chi connectivity index (χ1v) is 0.651. The Morgan fingerprint density at radius 2 is 1.29 bits per heavy atom. The van der Waals surface area contributed by atoms with Crippen LogP contribution in [-0.2, 0) is 17.1 Å². The van der Waals surface area contributed by atoms with Crippen LogP contribution in [-0.4, -0.2) is 39.4 Å². The molecule has 0 bridgehead atoms. The van der Waals surface area contributed by atoms with Gasteiger partial charge in [0.05, 0.1) is 0 Å². The van der Waals surface area contributed by atoms with Crippen LogP contribution >= 0.6 is 0 Å². The molecule has 0 heterocycles. The zero-order chi connectivity index (χ0) is 3.58. The Morgan fingerprint density at radius 1 is 1.29 bits per heavy atom. The molecule has 0 amide bonds. The van der Waals surface area contributed by atoms with E-state index in [4.69, 9.17) is 15.0 Å². The Kier molecular flexibility index (Phi) is 59.1. The third kappa shape index (κ3) is 500. The SMILES string of the molecule is N.O=C(O)O.[MgH2].[Mn]. The fourth-order valence-electron chi connectivity index (χ4n) is 0. The normalized spacial score (nSPS) is 3.43. The van der Waals surface area contributed by atoms with Crippen LogP contribution < -0.4 is 6.15 Å². The van der Waals surface area contributed by atoms with Gasteiger partial charge >= 0.3 is 29.2 Å². The molecule has 0 fully saturated rings. The van der Waals surface area contributed by atoms with Gasteiger partial charge < -0.3 is 16.4 Å². The fraction of sp³-hybridized carbons (Fsp3) is 0. The molecule has 0 aromatic heterocycles. The van der Waals surface area contributed by atoms with E-state index in [0.717, 1.165) is 0 Å². The second-order valence-electron chi connectivity index (χ2n) is 0.283. The first-order chi connectivity index (χ1) is 1.73. The molecule has 1 radical (unpaired) electrons. The molecular weight excluding hydrogens is 153 g/mol. The molecule has 0 atom stereocenters. The topological polar surface area (TPSA) is 92.5 Å². The van der Waals surface area contributed by atoms with E-state index in [-0.39, 0.29) is 46.3 Å². The van der Waals surface area contributed by atoms with E-state index in [1.165, 1.54) is 0 Å². The fourth-order valence-corrected chi connectivity index (χ4v) is 0. The minimum atomic E-state index is -1.83. The van der Waals surface area contributed by atoms with Crippen molar-refractivity contribution in [1.29, 1.82) is 0 Å². The average molecular weight is 160 g/mol. The molecular formula is CH7MgMnNO3. The molecule has 4 nitrogen and oxygen atoms in total. The van der Waals surface area contributed by atoms with Crippen molar-refractivity contribution < 1.29 is 32.1 Å². The molecule has 0 aromatic rings. The minimum absolute atomic E-state index is 0. The number of carboxylic acid groups (broad SMARTS) is 2. The Hall–Kier alpha value is 0.516. The van der Waals surface area contributed by atoms with Gasteiger partial charge in [-0.25, -0.2) is 4.79 Å². The third-order valence-corrected chi connectivity index (χ3v) is 0. The van der Waals surface area contributed by atoms with Crippen LogP contribution in [0.1, 0.15) is 0 Å². The van der Waals surface area contributed by atoms with Crippen LogP contribution in [0.4, 0.5) is 4.79 Å². The van der Waals surface area contributed by atoms with Crippen molar-refractivity contribution in [2.75, 3.05) is 0 Å². The first kappa shape index (κ1) is 25.8. The summed E-state index contributed by atoms with van der Waals surface area (Å²) >= 11 is 0. The monoisotopic (exact) mass is 160 g/mol. The van der Waals surface area contributed by atoms with Gasteiger partial charge in [0.1, 0.15) is 0 Å². The van der Waals surface area contributed by atoms with Gasteiger partial charge in [0.15, 0.2) is 0 Å². The number of hydrogen-bond donors (Lipinski definition) is 3. The summed E-state index contributed by atoms with van der Waals surface area (Å²) in [4.78, 5) is 8.56. The third-order valence-electron chi connectivity index (χ3n) is 0. The van der Waals surface area contributed by atoms with Gasteiger partial charge in [0, 0.05) is 17.1 Å². The van der Waals surface area contributed by atoms with E-state index in [1.807, 2.05) is 0 Å². The Labute approximate surface area is 67.5 Å². The van der Waals surface area contributed by atoms with Crippen LogP contribution in [0.15, 0.2) is 0 Å². The largest absolute Gasteiger partial charge is 0.503 e. The second-order valence-corrected chi connectivity index (χ2v) is 0.283. The summed E-state index contributed by atoms with van der Waals surface area (Å²) in [5, 5.41) is 13.9. The smallest absolute Gasteiger partial charge is 0.450 e. The van der Waals surface area contributed by atoms with E-state index in [1.54, 1.807) is 0 Å². The van der Waals surface area contributed by atoms with Crippen LogP contribution in [0.5, 0.6) is 0 Å². The van der Waals surface area contributed by atoms with Crippen molar-refractivity contribution in [1.82, 2.24) is 6.15 Å². The van der Waals surface area contributed by atoms with Crippen molar-refractivity contribution in [2.45, 2.75) is 0 Å². The van der Waals surface area contributed by atoms with Crippen molar-refractivity contribution in [2.24, 2.45) is 0 Å². The standard InChI is InChI=1S/CH2O3.Mg.Mn.H3N.2H/c2-1(3)4;;;;;/h(H2,2,3,4);;;1H3;;. The maximum absolute atomic E-state index is 8.56. The Balaban J connectivity index is -0.0000000150. The summed E-state index contributed by atoms with van der Waals surface area (Å²) in [6.45, 7) is 0. The molecule has 0 aliphatic carbocycles.